The van der Waals surface area contributed by atoms with E-state index in [-0.39, 0.29) is 60.4 Å². The standard InChI is InChI=1S/C21H21N3O2.C16H15BrN2O.C11H18BNO3.C11H15NO2.C10H10BrNO4.C6H3BrFNO2/c1-13-20(15(3)26-23-13)17-9-10-18-19(11-17)24(14(2)21(25)22-18)12-16-7-5-4-6-8-16;1-11-16(20)18-14-8-7-13(17)9-15(14)19(11)10-12-5-3-2-4-6-12;1-7-9(8(2)14-13-7)12-15-10(3,4)11(5,6)16-12;1-10(8-14-9-13)12-7-11-5-3-2-4-6-11;1-6(10(13)14)4-7-5-8(11)2-3-9(7)12(15)16;7-4-1-2-6(9(10)11)5(8)3-4/h4-11,14H,12H2,1-3H3,(H,22,25);2-9,11H,10H2,1H3,(H,18,20);1-6H3;2-6,9-10,12H,7-8H2,1H3;2-3,5-6H,4H2,1H3,(H,13,14);1-3H/t14-;11-;;10-;6-;/m11.10./s1. The van der Waals surface area contributed by atoms with Crippen LogP contribution >= 0.6 is 47.8 Å². The van der Waals surface area contributed by atoms with Gasteiger partial charge < -0.3 is 53.9 Å². The second-order valence-electron chi connectivity index (χ2n) is 25.5. The van der Waals surface area contributed by atoms with E-state index in [2.05, 4.69) is 131 Å². The minimum atomic E-state index is -0.964. The summed E-state index contributed by atoms with van der Waals surface area (Å²) in [5.41, 5.74) is 11.2. The van der Waals surface area contributed by atoms with Crippen LogP contribution in [0.3, 0.4) is 0 Å². The maximum atomic E-state index is 12.6. The van der Waals surface area contributed by atoms with Crippen molar-refractivity contribution in [3.05, 3.63) is 248 Å². The number of carboxylic acids is 1. The summed E-state index contributed by atoms with van der Waals surface area (Å²) in [6.07, 6.45) is 0.144. The van der Waals surface area contributed by atoms with E-state index in [1.54, 1.807) is 12.1 Å². The van der Waals surface area contributed by atoms with Crippen molar-refractivity contribution < 1.29 is 61.6 Å². The van der Waals surface area contributed by atoms with Crippen LogP contribution in [0.15, 0.2) is 186 Å². The van der Waals surface area contributed by atoms with Crippen molar-refractivity contribution in [3.8, 4) is 11.1 Å². The number of aromatic nitrogens is 2. The van der Waals surface area contributed by atoms with Gasteiger partial charge in [0, 0.05) is 67.8 Å². The number of hydrogen-bond donors (Lipinski definition) is 4. The first kappa shape index (κ1) is 80.9. The number of fused-ring (bicyclic) bond motifs is 2. The number of nitro groups is 2. The van der Waals surface area contributed by atoms with Crippen LogP contribution in [0.4, 0.5) is 38.5 Å². The van der Waals surface area contributed by atoms with Gasteiger partial charge in [0.2, 0.25) is 17.6 Å². The lowest BCUT2D eigenvalue weighted by molar-refractivity contribution is -0.387. The lowest BCUT2D eigenvalue weighted by Crippen LogP contribution is -2.45. The highest BCUT2D eigenvalue weighted by Crippen LogP contribution is 2.40. The van der Waals surface area contributed by atoms with Gasteiger partial charge in [-0.1, -0.05) is 162 Å². The maximum Gasteiger partial charge on any atom is 0.500 e. The molecular formula is C75H82BBr3FN9O14. The van der Waals surface area contributed by atoms with E-state index in [1.165, 1.54) is 35.7 Å². The summed E-state index contributed by atoms with van der Waals surface area (Å²) in [7, 11) is -0.378. The number of nitrogens with zero attached hydrogens (tertiary/aromatic N) is 6. The lowest BCUT2D eigenvalue weighted by Gasteiger charge is -2.36. The average molecular weight is 1600 g/mol. The fourth-order valence-corrected chi connectivity index (χ4v) is 11.9. The van der Waals surface area contributed by atoms with E-state index in [9.17, 15) is 43.8 Å². The zero-order valence-corrected chi connectivity index (χ0v) is 63.8. The normalized spacial score (nSPS) is 15.6. The number of aryl methyl sites for hydroxylation is 4. The number of aliphatic carboxylic acids is 1. The number of carbonyl (C=O) groups excluding carboxylic acids is 3. The number of carbonyl (C=O) groups is 4. The number of anilines is 4. The summed E-state index contributed by atoms with van der Waals surface area (Å²) in [6.45, 7) is 26.2. The highest BCUT2D eigenvalue weighted by Gasteiger charge is 2.53. The van der Waals surface area contributed by atoms with Crippen molar-refractivity contribution in [2.45, 2.75) is 138 Å². The van der Waals surface area contributed by atoms with E-state index in [1.807, 2.05) is 161 Å². The highest BCUT2D eigenvalue weighted by atomic mass is 79.9. The van der Waals surface area contributed by atoms with E-state index >= 15 is 0 Å². The monoisotopic (exact) mass is 1600 g/mol. The summed E-state index contributed by atoms with van der Waals surface area (Å²) in [4.78, 5) is 68.9. The number of hydrogen-bond acceptors (Lipinski definition) is 18. The van der Waals surface area contributed by atoms with Gasteiger partial charge in [0.05, 0.1) is 61.1 Å². The molecule has 4 atom stereocenters. The zero-order valence-electron chi connectivity index (χ0n) is 59.0. The molecule has 0 radical (unpaired) electrons. The largest absolute Gasteiger partial charge is 0.500 e. The van der Waals surface area contributed by atoms with Crippen molar-refractivity contribution in [1.29, 1.82) is 0 Å². The molecular weight excluding hydrogens is 1520 g/mol. The first-order chi connectivity index (χ1) is 48.8. The molecule has 7 aromatic carbocycles. The van der Waals surface area contributed by atoms with Gasteiger partial charge in [-0.15, -0.1) is 0 Å². The van der Waals surface area contributed by atoms with Crippen molar-refractivity contribution in [2.24, 2.45) is 5.92 Å². The Morgan fingerprint density at radius 1 is 0.670 bits per heavy atom. The average Bonchev–Trinajstić information content (AvgIpc) is 1.70. The summed E-state index contributed by atoms with van der Waals surface area (Å²) >= 11 is 9.68. The predicted molar refractivity (Wildman–Crippen MR) is 405 cm³/mol. The molecule has 0 spiro atoms. The number of rotatable bonds is 17. The van der Waals surface area contributed by atoms with E-state index < -0.39 is 33.2 Å². The molecule has 0 unspecified atom stereocenters. The van der Waals surface area contributed by atoms with E-state index in [0.717, 1.165) is 91.9 Å². The Bertz CT molecular complexity index is 4350. The molecule has 12 rings (SSSR count). The van der Waals surface area contributed by atoms with Crippen molar-refractivity contribution in [3.63, 3.8) is 0 Å². The molecule has 0 bridgehead atoms. The molecule has 9 aromatic rings. The number of ether oxygens (including phenoxy) is 1. The molecule has 0 saturated carbocycles. The van der Waals surface area contributed by atoms with Crippen molar-refractivity contribution in [1.82, 2.24) is 15.6 Å². The highest BCUT2D eigenvalue weighted by molar-refractivity contribution is 9.11. The Balaban J connectivity index is 0.000000177. The molecule has 1 fully saturated rings. The SMILES string of the molecule is C[C@@H](Cc1cc(Br)ccc1[N+](=O)[O-])C(=O)O.C[C@@H]1C(=O)Nc2ccc(Br)cc2N1Cc1ccccc1.C[C@H](COC=O)NCc1ccccc1.Cc1noc(C)c1-c1ccc2c(c1)N(Cc1ccccc1)[C@H](C)C(=O)N2.Cc1noc(C)c1B1OC(C)(C)C(C)(C)O1.O=[N+]([O-])c1ccc(Br)cc1F. The van der Waals surface area contributed by atoms with E-state index in [0.29, 0.717) is 34.1 Å². The molecule has 4 N–H and O–H groups in total. The maximum absolute atomic E-state index is 12.6. The van der Waals surface area contributed by atoms with Crippen LogP contribution in [0.1, 0.15) is 101 Å². The lowest BCUT2D eigenvalue weighted by atomic mass is 9.77. The third-order valence-corrected chi connectivity index (χ3v) is 18.8. The zero-order chi connectivity index (χ0) is 75.5. The Morgan fingerprint density at radius 3 is 1.59 bits per heavy atom. The van der Waals surface area contributed by atoms with Gasteiger partial charge in [0.1, 0.15) is 30.2 Å². The molecule has 28 heteroatoms. The number of halogens is 4. The van der Waals surface area contributed by atoms with Crippen LogP contribution in [0, 0.1) is 59.7 Å². The summed E-state index contributed by atoms with van der Waals surface area (Å²) < 4.78 is 41.8. The van der Waals surface area contributed by atoms with Crippen LogP contribution in [-0.4, -0.2) is 92.6 Å². The molecule has 1 saturated heterocycles. The van der Waals surface area contributed by atoms with Gasteiger partial charge in [0.25, 0.3) is 12.2 Å². The van der Waals surface area contributed by atoms with Gasteiger partial charge in [-0.25, -0.2) is 0 Å². The Kier molecular flexibility index (Phi) is 29.1. The number of nitro benzene ring substituents is 2. The summed E-state index contributed by atoms with van der Waals surface area (Å²) in [6, 6.07) is 50.3. The molecule has 3 aliphatic rings. The minimum absolute atomic E-state index is 0.0125. The molecule has 5 heterocycles. The quantitative estimate of drug-likeness (QED) is 0.0285. The van der Waals surface area contributed by atoms with Gasteiger partial charge in [-0.3, -0.25) is 39.4 Å². The summed E-state index contributed by atoms with van der Waals surface area (Å²) in [5, 5.41) is 46.8. The fourth-order valence-electron chi connectivity index (χ4n) is 10.8. The smallest absolute Gasteiger partial charge is 0.481 e. The first-order valence-corrected chi connectivity index (χ1v) is 35.1. The van der Waals surface area contributed by atoms with Crippen LogP contribution < -0.4 is 31.2 Å². The Hall–Kier alpha value is -9.45. The third kappa shape index (κ3) is 22.3. The topological polar surface area (TPSA) is 297 Å². The van der Waals surface area contributed by atoms with Gasteiger partial charge in [-0.05, 0) is 159 Å². The number of benzene rings is 7. The number of nitrogens with one attached hydrogen (secondary N) is 3. The van der Waals surface area contributed by atoms with Crippen molar-refractivity contribution >= 4 is 119 Å². The second-order valence-corrected chi connectivity index (χ2v) is 28.2. The van der Waals surface area contributed by atoms with Crippen LogP contribution in [0.2, 0.25) is 0 Å². The molecule has 103 heavy (non-hydrogen) atoms. The molecule has 2 amide bonds. The van der Waals surface area contributed by atoms with Crippen LogP contribution in [-0.2, 0) is 59.3 Å². The van der Waals surface area contributed by atoms with Gasteiger partial charge in [0.15, 0.2) is 0 Å². The molecule has 23 nitrogen and oxygen atoms in total. The third-order valence-electron chi connectivity index (χ3n) is 17.3. The fraction of sp³-hybridized carbons (Fsp3) is 0.307. The van der Waals surface area contributed by atoms with Gasteiger partial charge in [-0.2, -0.15) is 4.39 Å². The van der Waals surface area contributed by atoms with Crippen LogP contribution in [0.25, 0.3) is 11.1 Å². The summed E-state index contributed by atoms with van der Waals surface area (Å²) in [5.74, 6) is -0.832. The first-order valence-electron chi connectivity index (χ1n) is 32.7. The predicted octanol–water partition coefficient (Wildman–Crippen LogP) is 16.1. The minimum Gasteiger partial charge on any atom is -0.481 e. The van der Waals surface area contributed by atoms with Crippen molar-refractivity contribution in [2.75, 3.05) is 27.0 Å². The molecule has 0 aliphatic carbocycles. The Morgan fingerprint density at radius 2 is 1.13 bits per heavy atom. The molecule has 542 valence electrons. The van der Waals surface area contributed by atoms with E-state index in [4.69, 9.17) is 23.5 Å². The van der Waals surface area contributed by atoms with Gasteiger partial charge >= 0.3 is 18.8 Å². The molecule has 2 aromatic heterocycles. The van der Waals surface area contributed by atoms with Crippen LogP contribution in [0.5, 0.6) is 0 Å². The number of carboxylic acid groups (broad SMARTS) is 1. The molecule has 3 aliphatic heterocycles. The number of amides is 2. The second kappa shape index (κ2) is 37.1. The Labute approximate surface area is 623 Å².